The molecular formula is C16H16N2O2. The summed E-state index contributed by atoms with van der Waals surface area (Å²) in [7, 11) is 0. The van der Waals surface area contributed by atoms with Crippen LogP contribution in [0.25, 0.3) is 0 Å². The van der Waals surface area contributed by atoms with Crippen LogP contribution < -0.4 is 10.6 Å². The Morgan fingerprint density at radius 3 is 2.70 bits per heavy atom. The molecule has 102 valence electrons. The highest BCUT2D eigenvalue weighted by Crippen LogP contribution is 2.18. The summed E-state index contributed by atoms with van der Waals surface area (Å²) in [5, 5.41) is 15.4. The number of hydrogen-bond donors (Lipinski definition) is 3. The molecule has 1 aliphatic rings. The van der Waals surface area contributed by atoms with Crippen LogP contribution in [0.2, 0.25) is 0 Å². The molecule has 0 unspecified atom stereocenters. The van der Waals surface area contributed by atoms with Gasteiger partial charge in [-0.1, -0.05) is 6.07 Å². The number of hydrogen-bond acceptors (Lipinski definition) is 3. The second-order valence-corrected chi connectivity index (χ2v) is 4.91. The summed E-state index contributed by atoms with van der Waals surface area (Å²) in [5.41, 5.74) is 3.84. The van der Waals surface area contributed by atoms with E-state index in [1.165, 1.54) is 11.1 Å². The zero-order chi connectivity index (χ0) is 13.9. The molecule has 0 spiro atoms. The van der Waals surface area contributed by atoms with Gasteiger partial charge < -0.3 is 15.7 Å². The fraction of sp³-hybridized carbons (Fsp3) is 0.188. The van der Waals surface area contributed by atoms with Crippen molar-refractivity contribution < 1.29 is 9.90 Å². The number of amides is 1. The molecule has 0 atom stereocenters. The lowest BCUT2D eigenvalue weighted by molar-refractivity contribution is 0.102. The molecule has 1 amide bonds. The highest BCUT2D eigenvalue weighted by atomic mass is 16.3. The average molecular weight is 268 g/mol. The van der Waals surface area contributed by atoms with Crippen molar-refractivity contribution in [1.29, 1.82) is 0 Å². The number of phenolic OH excluding ortho intramolecular Hbond substituents is 1. The van der Waals surface area contributed by atoms with Crippen LogP contribution in [0.1, 0.15) is 21.5 Å². The molecular weight excluding hydrogens is 252 g/mol. The van der Waals surface area contributed by atoms with E-state index in [1.807, 2.05) is 18.2 Å². The summed E-state index contributed by atoms with van der Waals surface area (Å²) in [6.45, 7) is 1.82. The third-order valence-corrected chi connectivity index (χ3v) is 3.48. The van der Waals surface area contributed by atoms with E-state index >= 15 is 0 Å². The maximum absolute atomic E-state index is 12.2. The lowest BCUT2D eigenvalue weighted by Crippen LogP contribution is -2.24. The quantitative estimate of drug-likeness (QED) is 0.732. The number of carbonyl (C=O) groups excluding carboxylic acids is 1. The van der Waals surface area contributed by atoms with E-state index in [4.69, 9.17) is 0 Å². The Balaban J connectivity index is 1.78. The number of anilines is 1. The zero-order valence-electron chi connectivity index (χ0n) is 11.0. The molecule has 0 saturated carbocycles. The summed E-state index contributed by atoms with van der Waals surface area (Å²) >= 11 is 0. The van der Waals surface area contributed by atoms with Gasteiger partial charge in [0.2, 0.25) is 0 Å². The second-order valence-electron chi connectivity index (χ2n) is 4.91. The minimum atomic E-state index is -0.128. The molecule has 20 heavy (non-hydrogen) atoms. The van der Waals surface area contributed by atoms with Crippen LogP contribution in [0, 0.1) is 0 Å². The van der Waals surface area contributed by atoms with Gasteiger partial charge in [-0.05, 0) is 60.5 Å². The maximum Gasteiger partial charge on any atom is 0.255 e. The smallest absolute Gasteiger partial charge is 0.255 e. The van der Waals surface area contributed by atoms with E-state index in [0.29, 0.717) is 11.3 Å². The number of aromatic hydroxyl groups is 1. The van der Waals surface area contributed by atoms with E-state index in [-0.39, 0.29) is 11.7 Å². The summed E-state index contributed by atoms with van der Waals surface area (Å²) < 4.78 is 0. The van der Waals surface area contributed by atoms with Crippen LogP contribution in [0.5, 0.6) is 5.75 Å². The molecule has 4 heteroatoms. The van der Waals surface area contributed by atoms with Crippen LogP contribution in [0.15, 0.2) is 42.5 Å². The van der Waals surface area contributed by atoms with Gasteiger partial charge in [0.1, 0.15) is 5.75 Å². The van der Waals surface area contributed by atoms with Gasteiger partial charge in [0, 0.05) is 17.8 Å². The topological polar surface area (TPSA) is 61.4 Å². The Bertz CT molecular complexity index is 635. The van der Waals surface area contributed by atoms with E-state index in [9.17, 15) is 9.90 Å². The van der Waals surface area contributed by atoms with E-state index in [0.717, 1.165) is 19.5 Å². The van der Waals surface area contributed by atoms with Crippen LogP contribution in [0.3, 0.4) is 0 Å². The van der Waals surface area contributed by atoms with Gasteiger partial charge in [-0.25, -0.2) is 0 Å². The van der Waals surface area contributed by atoms with Crippen molar-refractivity contribution in [2.75, 3.05) is 11.9 Å². The predicted molar refractivity (Wildman–Crippen MR) is 77.9 cm³/mol. The monoisotopic (exact) mass is 268 g/mol. The van der Waals surface area contributed by atoms with Gasteiger partial charge in [0.05, 0.1) is 0 Å². The SMILES string of the molecule is O=C(Nc1ccc(O)cc1)c1ccc2c(c1)CCNC2. The zero-order valence-corrected chi connectivity index (χ0v) is 11.0. The molecule has 3 N–H and O–H groups in total. The first-order valence-corrected chi connectivity index (χ1v) is 6.65. The van der Waals surface area contributed by atoms with E-state index in [1.54, 1.807) is 24.3 Å². The van der Waals surface area contributed by atoms with Gasteiger partial charge in [-0.15, -0.1) is 0 Å². The molecule has 4 nitrogen and oxygen atoms in total. The molecule has 0 radical (unpaired) electrons. The lowest BCUT2D eigenvalue weighted by atomic mass is 9.98. The normalized spacial score (nSPS) is 13.6. The first-order chi connectivity index (χ1) is 9.72. The fourth-order valence-electron chi connectivity index (χ4n) is 2.37. The van der Waals surface area contributed by atoms with E-state index < -0.39 is 0 Å². The molecule has 3 rings (SSSR count). The summed E-state index contributed by atoms with van der Waals surface area (Å²) in [6, 6.07) is 12.3. The average Bonchev–Trinajstić information content (AvgIpc) is 2.49. The molecule has 0 bridgehead atoms. The number of fused-ring (bicyclic) bond motifs is 1. The largest absolute Gasteiger partial charge is 0.508 e. The van der Waals surface area contributed by atoms with Crippen LogP contribution in [0.4, 0.5) is 5.69 Å². The Kier molecular flexibility index (Phi) is 3.39. The Labute approximate surface area is 117 Å². The first kappa shape index (κ1) is 12.7. The van der Waals surface area contributed by atoms with Crippen molar-refractivity contribution in [2.24, 2.45) is 0 Å². The molecule has 0 saturated heterocycles. The number of nitrogens with one attached hydrogen (secondary N) is 2. The van der Waals surface area contributed by atoms with Gasteiger partial charge in [-0.3, -0.25) is 4.79 Å². The lowest BCUT2D eigenvalue weighted by Gasteiger charge is -2.17. The summed E-state index contributed by atoms with van der Waals surface area (Å²) in [6.07, 6.45) is 0.954. The fourth-order valence-corrected chi connectivity index (χ4v) is 2.37. The molecule has 2 aromatic carbocycles. The van der Waals surface area contributed by atoms with Crippen molar-refractivity contribution in [1.82, 2.24) is 5.32 Å². The molecule has 0 aromatic heterocycles. The van der Waals surface area contributed by atoms with Crippen molar-refractivity contribution in [3.05, 3.63) is 59.2 Å². The predicted octanol–water partition coefficient (Wildman–Crippen LogP) is 2.29. The minimum Gasteiger partial charge on any atom is -0.508 e. The van der Waals surface area contributed by atoms with Crippen molar-refractivity contribution in [3.63, 3.8) is 0 Å². The Morgan fingerprint density at radius 1 is 1.10 bits per heavy atom. The van der Waals surface area contributed by atoms with Gasteiger partial charge >= 0.3 is 0 Å². The number of rotatable bonds is 2. The third-order valence-electron chi connectivity index (χ3n) is 3.48. The molecule has 0 fully saturated rings. The Morgan fingerprint density at radius 2 is 1.90 bits per heavy atom. The van der Waals surface area contributed by atoms with E-state index in [2.05, 4.69) is 10.6 Å². The molecule has 1 heterocycles. The number of carbonyl (C=O) groups is 1. The van der Waals surface area contributed by atoms with Crippen molar-refractivity contribution in [2.45, 2.75) is 13.0 Å². The molecule has 0 aliphatic carbocycles. The number of benzene rings is 2. The summed E-state index contributed by atoms with van der Waals surface area (Å²) in [5.74, 6) is 0.0568. The van der Waals surface area contributed by atoms with Crippen LogP contribution >= 0.6 is 0 Å². The minimum absolute atomic E-state index is 0.128. The van der Waals surface area contributed by atoms with Gasteiger partial charge in [-0.2, -0.15) is 0 Å². The number of phenols is 1. The third kappa shape index (κ3) is 2.65. The van der Waals surface area contributed by atoms with Crippen molar-refractivity contribution >= 4 is 11.6 Å². The maximum atomic E-state index is 12.2. The highest BCUT2D eigenvalue weighted by molar-refractivity contribution is 6.04. The molecule has 1 aliphatic heterocycles. The van der Waals surface area contributed by atoms with Crippen LogP contribution in [-0.4, -0.2) is 17.6 Å². The molecule has 2 aromatic rings. The second kappa shape index (κ2) is 5.35. The van der Waals surface area contributed by atoms with Crippen molar-refractivity contribution in [3.8, 4) is 5.75 Å². The van der Waals surface area contributed by atoms with Crippen LogP contribution in [-0.2, 0) is 13.0 Å². The highest BCUT2D eigenvalue weighted by Gasteiger charge is 2.12. The first-order valence-electron chi connectivity index (χ1n) is 6.65. The standard InChI is InChI=1S/C16H16N2O2/c19-15-5-3-14(4-6-15)18-16(20)12-1-2-13-10-17-8-7-11(13)9-12/h1-6,9,17,19H,7-8,10H2,(H,18,20). The van der Waals surface area contributed by atoms with Gasteiger partial charge in [0.15, 0.2) is 0 Å². The summed E-state index contributed by atoms with van der Waals surface area (Å²) in [4.78, 5) is 12.2. The Hall–Kier alpha value is -2.33. The van der Waals surface area contributed by atoms with Gasteiger partial charge in [0.25, 0.3) is 5.91 Å².